The van der Waals surface area contributed by atoms with Gasteiger partial charge in [0, 0.05) is 0 Å². The van der Waals surface area contributed by atoms with E-state index in [9.17, 15) is 13.2 Å². The van der Waals surface area contributed by atoms with E-state index >= 15 is 0 Å². The molecule has 0 spiro atoms. The Labute approximate surface area is 160 Å². The van der Waals surface area contributed by atoms with E-state index in [1.165, 1.54) is 0 Å². The molecule has 0 amide bonds. The summed E-state index contributed by atoms with van der Waals surface area (Å²) in [6.07, 6.45) is 5.78. The second-order valence-electron chi connectivity index (χ2n) is 8.41. The minimum Gasteiger partial charge on any atom is -0.280 e. The number of allylic oxidation sites excluding steroid dienone is 2. The third-order valence-electron chi connectivity index (χ3n) is 5.94. The predicted molar refractivity (Wildman–Crippen MR) is 103 cm³/mol. The Morgan fingerprint density at radius 1 is 1.07 bits per heavy atom. The van der Waals surface area contributed by atoms with Crippen LogP contribution in [0.3, 0.4) is 0 Å². The smallest absolute Gasteiger partial charge is 0.280 e. The summed E-state index contributed by atoms with van der Waals surface area (Å²) in [6.45, 7) is 4.42. The molecule has 1 unspecified atom stereocenters. The number of rotatable bonds is 5. The maximum absolute atomic E-state index is 13.2. The summed E-state index contributed by atoms with van der Waals surface area (Å²) in [5, 5.41) is 0. The molecule has 0 radical (unpaired) electrons. The second kappa shape index (κ2) is 8.22. The van der Waals surface area contributed by atoms with E-state index in [0.29, 0.717) is 11.8 Å². The first-order valence-electron chi connectivity index (χ1n) is 9.99. The van der Waals surface area contributed by atoms with Gasteiger partial charge in [-0.1, -0.05) is 75.2 Å². The lowest BCUT2D eigenvalue weighted by molar-refractivity contribution is -0.366. The van der Waals surface area contributed by atoms with Crippen LogP contribution in [-0.2, 0) is 4.74 Å². The number of halogens is 3. The van der Waals surface area contributed by atoms with Crippen molar-refractivity contribution in [3.05, 3.63) is 54.1 Å². The Morgan fingerprint density at radius 2 is 1.74 bits per heavy atom. The predicted octanol–water partition coefficient (Wildman–Crippen LogP) is 7.16. The lowest BCUT2D eigenvalue weighted by Crippen LogP contribution is -2.45. The summed E-state index contributed by atoms with van der Waals surface area (Å²) < 4.78 is 44.5. The van der Waals surface area contributed by atoms with Crippen molar-refractivity contribution in [3.8, 4) is 0 Å². The first-order chi connectivity index (χ1) is 12.8. The average molecular weight is 378 g/mol. The fourth-order valence-corrected chi connectivity index (χ4v) is 4.71. The van der Waals surface area contributed by atoms with E-state index < -0.39 is 12.0 Å². The van der Waals surface area contributed by atoms with E-state index in [-0.39, 0.29) is 12.3 Å². The lowest BCUT2D eigenvalue weighted by atomic mass is 9.69. The Kier molecular flexibility index (Phi) is 6.15. The summed E-state index contributed by atoms with van der Waals surface area (Å²) in [5.74, 6) is 1.18. The van der Waals surface area contributed by atoms with Crippen molar-refractivity contribution in [3.63, 3.8) is 0 Å². The molecule has 27 heavy (non-hydrogen) atoms. The Hall–Kier alpha value is -1.55. The van der Waals surface area contributed by atoms with Crippen LogP contribution in [0.25, 0.3) is 5.57 Å². The number of ether oxygens (including phenoxy) is 1. The summed E-state index contributed by atoms with van der Waals surface area (Å²) in [6, 6.07) is 9.77. The van der Waals surface area contributed by atoms with Gasteiger partial charge in [0.05, 0.1) is 0 Å². The molecule has 1 saturated carbocycles. The van der Waals surface area contributed by atoms with Crippen molar-refractivity contribution in [2.75, 3.05) is 0 Å². The van der Waals surface area contributed by atoms with Crippen LogP contribution in [0.4, 0.5) is 13.2 Å². The fourth-order valence-electron chi connectivity index (χ4n) is 4.71. The molecule has 2 aliphatic carbocycles. The Morgan fingerprint density at radius 3 is 2.26 bits per heavy atom. The SMILES string of the molecule is CC(C)CC1CCC(C2(OC(F)(F)F)C=CC(c3ccccc3)=CC2)CC1. The Balaban J connectivity index is 1.75. The quantitative estimate of drug-likeness (QED) is 0.528. The normalized spacial score (nSPS) is 29.0. The van der Waals surface area contributed by atoms with Crippen LogP contribution in [0.15, 0.2) is 48.6 Å². The molecule has 1 atom stereocenters. The van der Waals surface area contributed by atoms with Crippen molar-refractivity contribution in [1.29, 1.82) is 0 Å². The average Bonchev–Trinajstić information content (AvgIpc) is 2.62. The van der Waals surface area contributed by atoms with E-state index in [4.69, 9.17) is 4.74 Å². The number of hydrogen-bond acceptors (Lipinski definition) is 1. The number of hydrogen-bond donors (Lipinski definition) is 0. The zero-order valence-electron chi connectivity index (χ0n) is 16.1. The lowest BCUT2D eigenvalue weighted by Gasteiger charge is -2.43. The minimum absolute atomic E-state index is 0.0904. The summed E-state index contributed by atoms with van der Waals surface area (Å²) >= 11 is 0. The van der Waals surface area contributed by atoms with Crippen LogP contribution in [0.1, 0.15) is 57.9 Å². The van der Waals surface area contributed by atoms with Gasteiger partial charge in [-0.2, -0.15) is 0 Å². The molecule has 4 heteroatoms. The van der Waals surface area contributed by atoms with Crippen LogP contribution in [0.2, 0.25) is 0 Å². The zero-order valence-corrected chi connectivity index (χ0v) is 16.1. The molecule has 0 saturated heterocycles. The molecular formula is C23H29F3O. The molecule has 0 bridgehead atoms. The van der Waals surface area contributed by atoms with Gasteiger partial charge in [-0.25, -0.2) is 0 Å². The standard InChI is InChI=1S/C23H29F3O/c1-17(2)16-18-8-10-21(11-9-18)22(27-23(24,25)26)14-12-20(13-15-22)19-6-4-3-5-7-19/h3-7,12-14,17-18,21H,8-11,15-16H2,1-2H3. The molecule has 0 aliphatic heterocycles. The van der Waals surface area contributed by atoms with Crippen LogP contribution < -0.4 is 0 Å². The van der Waals surface area contributed by atoms with Crippen LogP contribution in [-0.4, -0.2) is 12.0 Å². The van der Waals surface area contributed by atoms with Gasteiger partial charge in [0.2, 0.25) is 0 Å². The summed E-state index contributed by atoms with van der Waals surface area (Å²) in [4.78, 5) is 0. The zero-order chi connectivity index (χ0) is 19.5. The second-order valence-corrected chi connectivity index (χ2v) is 8.41. The molecule has 1 fully saturated rings. The molecule has 1 nitrogen and oxygen atoms in total. The highest BCUT2D eigenvalue weighted by Crippen LogP contribution is 2.46. The number of alkyl halides is 3. The van der Waals surface area contributed by atoms with Crippen molar-refractivity contribution in [2.45, 2.75) is 64.3 Å². The minimum atomic E-state index is -4.63. The van der Waals surface area contributed by atoms with Crippen molar-refractivity contribution >= 4 is 5.57 Å². The van der Waals surface area contributed by atoms with Gasteiger partial charge in [0.25, 0.3) is 0 Å². The molecule has 1 aromatic carbocycles. The van der Waals surface area contributed by atoms with Gasteiger partial charge in [0.15, 0.2) is 0 Å². The van der Waals surface area contributed by atoms with Crippen molar-refractivity contribution < 1.29 is 17.9 Å². The first kappa shape index (κ1) is 20.2. The molecule has 0 aromatic heterocycles. The maximum atomic E-state index is 13.2. The monoisotopic (exact) mass is 378 g/mol. The molecule has 0 N–H and O–H groups in total. The summed E-state index contributed by atoms with van der Waals surface area (Å²) in [5.41, 5.74) is 0.722. The molecule has 148 valence electrons. The maximum Gasteiger partial charge on any atom is 0.523 e. The van der Waals surface area contributed by atoms with Gasteiger partial charge in [0.1, 0.15) is 5.60 Å². The highest BCUT2D eigenvalue weighted by atomic mass is 19.4. The topological polar surface area (TPSA) is 9.23 Å². The van der Waals surface area contributed by atoms with Crippen molar-refractivity contribution in [1.82, 2.24) is 0 Å². The van der Waals surface area contributed by atoms with Crippen LogP contribution in [0, 0.1) is 17.8 Å². The third kappa shape index (κ3) is 5.25. The van der Waals surface area contributed by atoms with E-state index in [0.717, 1.165) is 43.2 Å². The van der Waals surface area contributed by atoms with Gasteiger partial charge in [-0.3, -0.25) is 4.74 Å². The fraction of sp³-hybridized carbons (Fsp3) is 0.565. The molecular weight excluding hydrogens is 349 g/mol. The molecule has 3 rings (SSSR count). The highest BCUT2D eigenvalue weighted by molar-refractivity contribution is 5.75. The molecule has 0 heterocycles. The Bertz CT molecular complexity index is 667. The highest BCUT2D eigenvalue weighted by Gasteiger charge is 2.48. The van der Waals surface area contributed by atoms with Gasteiger partial charge in [-0.15, -0.1) is 13.2 Å². The first-order valence-corrected chi connectivity index (χ1v) is 9.99. The van der Waals surface area contributed by atoms with Crippen LogP contribution >= 0.6 is 0 Å². The van der Waals surface area contributed by atoms with Crippen molar-refractivity contribution in [2.24, 2.45) is 17.8 Å². The van der Waals surface area contributed by atoms with Gasteiger partial charge >= 0.3 is 6.36 Å². The van der Waals surface area contributed by atoms with Crippen LogP contribution in [0.5, 0.6) is 0 Å². The molecule has 1 aromatic rings. The third-order valence-corrected chi connectivity index (χ3v) is 5.94. The summed E-state index contributed by atoms with van der Waals surface area (Å²) in [7, 11) is 0. The molecule has 2 aliphatic rings. The van der Waals surface area contributed by atoms with E-state index in [1.54, 1.807) is 6.08 Å². The van der Waals surface area contributed by atoms with E-state index in [2.05, 4.69) is 13.8 Å². The van der Waals surface area contributed by atoms with Gasteiger partial charge in [-0.05, 0) is 54.6 Å². The van der Waals surface area contributed by atoms with E-state index in [1.807, 2.05) is 42.5 Å². The number of benzene rings is 1. The largest absolute Gasteiger partial charge is 0.523 e. The van der Waals surface area contributed by atoms with Gasteiger partial charge < -0.3 is 0 Å².